The summed E-state index contributed by atoms with van der Waals surface area (Å²) in [7, 11) is 1.45. The summed E-state index contributed by atoms with van der Waals surface area (Å²) in [5.41, 5.74) is 0.298. The van der Waals surface area contributed by atoms with E-state index in [1.54, 1.807) is 18.2 Å². The molecule has 0 bridgehead atoms. The maximum absolute atomic E-state index is 10.3. The average molecular weight is 197 g/mol. The summed E-state index contributed by atoms with van der Waals surface area (Å²) in [6.07, 6.45) is -1.46. The van der Waals surface area contributed by atoms with Crippen molar-refractivity contribution in [3.63, 3.8) is 0 Å². The van der Waals surface area contributed by atoms with Crippen molar-refractivity contribution in [2.75, 3.05) is 7.11 Å². The van der Waals surface area contributed by atoms with Gasteiger partial charge in [-0.15, -0.1) is 0 Å². The number of rotatable bonds is 4. The largest absolute Gasteiger partial charge is 0.481 e. The number of carboxylic acids is 1. The summed E-state index contributed by atoms with van der Waals surface area (Å²) < 4.78 is 4.84. The molecule has 5 heteroatoms. The molecule has 0 aliphatic carbocycles. The highest BCUT2D eigenvalue weighted by Gasteiger charge is 2.13. The Hall–Kier alpha value is -1.62. The standard InChI is InChI=1S/C9H11NO4/c1-14-8-4-2-3-6(10-8)7(11)5-9(12)13/h2-4,7,11H,5H2,1H3,(H,12,13). The van der Waals surface area contributed by atoms with Crippen LogP contribution in [0.25, 0.3) is 0 Å². The van der Waals surface area contributed by atoms with Gasteiger partial charge in [0, 0.05) is 6.07 Å². The summed E-state index contributed by atoms with van der Waals surface area (Å²) in [5.74, 6) is -0.714. The molecular weight excluding hydrogens is 186 g/mol. The van der Waals surface area contributed by atoms with Crippen molar-refractivity contribution in [1.82, 2.24) is 4.98 Å². The van der Waals surface area contributed by atoms with E-state index in [1.807, 2.05) is 0 Å². The first-order chi connectivity index (χ1) is 6.63. The number of carbonyl (C=O) groups is 1. The third kappa shape index (κ3) is 2.70. The normalized spacial score (nSPS) is 12.1. The number of aliphatic hydroxyl groups is 1. The van der Waals surface area contributed by atoms with E-state index in [4.69, 9.17) is 9.84 Å². The first-order valence-corrected chi connectivity index (χ1v) is 4.04. The Morgan fingerprint density at radius 1 is 1.64 bits per heavy atom. The lowest BCUT2D eigenvalue weighted by Crippen LogP contribution is -2.07. The molecule has 1 atom stereocenters. The van der Waals surface area contributed by atoms with Crippen molar-refractivity contribution < 1.29 is 19.7 Å². The first-order valence-electron chi connectivity index (χ1n) is 4.04. The fourth-order valence-electron chi connectivity index (χ4n) is 1.00. The van der Waals surface area contributed by atoms with Crippen LogP contribution in [0.4, 0.5) is 0 Å². The number of hydrogen-bond donors (Lipinski definition) is 2. The van der Waals surface area contributed by atoms with Crippen molar-refractivity contribution in [3.05, 3.63) is 23.9 Å². The van der Waals surface area contributed by atoms with Gasteiger partial charge in [0.25, 0.3) is 0 Å². The molecule has 1 aromatic rings. The van der Waals surface area contributed by atoms with Crippen LogP contribution in [-0.4, -0.2) is 28.3 Å². The van der Waals surface area contributed by atoms with Crippen molar-refractivity contribution in [2.24, 2.45) is 0 Å². The number of pyridine rings is 1. The molecule has 76 valence electrons. The molecule has 1 rings (SSSR count). The topological polar surface area (TPSA) is 79.7 Å². The van der Waals surface area contributed by atoms with Crippen molar-refractivity contribution in [3.8, 4) is 5.88 Å². The number of aliphatic hydroxyl groups excluding tert-OH is 1. The smallest absolute Gasteiger partial charge is 0.306 e. The average Bonchev–Trinajstić information content (AvgIpc) is 2.17. The molecule has 0 aliphatic rings. The van der Waals surface area contributed by atoms with Gasteiger partial charge in [-0.05, 0) is 6.07 Å². The van der Waals surface area contributed by atoms with Crippen LogP contribution in [0, 0.1) is 0 Å². The van der Waals surface area contributed by atoms with Crippen LogP contribution >= 0.6 is 0 Å². The molecule has 5 nitrogen and oxygen atoms in total. The number of methoxy groups -OCH3 is 1. The lowest BCUT2D eigenvalue weighted by molar-refractivity contribution is -0.139. The molecule has 14 heavy (non-hydrogen) atoms. The molecule has 0 aromatic carbocycles. The van der Waals surface area contributed by atoms with Gasteiger partial charge in [0.05, 0.1) is 19.2 Å². The second kappa shape index (κ2) is 4.57. The minimum absolute atomic E-state index is 0.298. The molecule has 0 saturated carbocycles. The number of aromatic nitrogens is 1. The molecule has 0 saturated heterocycles. The minimum Gasteiger partial charge on any atom is -0.481 e. The summed E-state index contributed by atoms with van der Waals surface area (Å²) >= 11 is 0. The zero-order valence-corrected chi connectivity index (χ0v) is 7.67. The molecule has 0 spiro atoms. The van der Waals surface area contributed by atoms with Crippen molar-refractivity contribution in [2.45, 2.75) is 12.5 Å². The van der Waals surface area contributed by atoms with Crippen LogP contribution < -0.4 is 4.74 Å². The van der Waals surface area contributed by atoms with Gasteiger partial charge >= 0.3 is 5.97 Å². The molecule has 0 amide bonds. The Morgan fingerprint density at radius 2 is 2.36 bits per heavy atom. The van der Waals surface area contributed by atoms with Crippen molar-refractivity contribution in [1.29, 1.82) is 0 Å². The van der Waals surface area contributed by atoms with E-state index in [1.165, 1.54) is 7.11 Å². The third-order valence-corrected chi connectivity index (χ3v) is 1.66. The van der Waals surface area contributed by atoms with Crippen LogP contribution in [0.15, 0.2) is 18.2 Å². The zero-order chi connectivity index (χ0) is 10.6. The monoisotopic (exact) mass is 197 g/mol. The van der Waals surface area contributed by atoms with Crippen LogP contribution in [0.3, 0.4) is 0 Å². The molecule has 0 aliphatic heterocycles. The van der Waals surface area contributed by atoms with E-state index in [9.17, 15) is 9.90 Å². The van der Waals surface area contributed by atoms with E-state index in [0.717, 1.165) is 0 Å². The van der Waals surface area contributed by atoms with Gasteiger partial charge in [-0.1, -0.05) is 6.07 Å². The van der Waals surface area contributed by atoms with Gasteiger partial charge in [-0.3, -0.25) is 4.79 Å². The van der Waals surface area contributed by atoms with Gasteiger partial charge < -0.3 is 14.9 Å². The maximum Gasteiger partial charge on any atom is 0.306 e. The number of hydrogen-bond acceptors (Lipinski definition) is 4. The molecular formula is C9H11NO4. The summed E-state index contributed by atoms with van der Waals surface area (Å²) in [6, 6.07) is 4.82. The van der Waals surface area contributed by atoms with Crippen LogP contribution in [0.1, 0.15) is 18.2 Å². The predicted octanol–water partition coefficient (Wildman–Crippen LogP) is 0.598. The zero-order valence-electron chi connectivity index (χ0n) is 7.67. The molecule has 1 unspecified atom stereocenters. The van der Waals surface area contributed by atoms with Crippen LogP contribution in [0.5, 0.6) is 5.88 Å². The molecule has 1 heterocycles. The lowest BCUT2D eigenvalue weighted by Gasteiger charge is -2.07. The second-order valence-corrected chi connectivity index (χ2v) is 2.72. The number of carboxylic acid groups (broad SMARTS) is 1. The fourth-order valence-corrected chi connectivity index (χ4v) is 1.00. The second-order valence-electron chi connectivity index (χ2n) is 2.72. The Bertz CT molecular complexity index is 326. The highest BCUT2D eigenvalue weighted by molar-refractivity contribution is 5.67. The molecule has 0 fully saturated rings. The maximum atomic E-state index is 10.3. The SMILES string of the molecule is COc1cccc(C(O)CC(=O)O)n1. The Morgan fingerprint density at radius 3 is 2.93 bits per heavy atom. The molecule has 2 N–H and O–H groups in total. The Balaban J connectivity index is 2.78. The third-order valence-electron chi connectivity index (χ3n) is 1.66. The van der Waals surface area contributed by atoms with Gasteiger partial charge in [0.2, 0.25) is 5.88 Å². The molecule has 0 radical (unpaired) electrons. The lowest BCUT2D eigenvalue weighted by atomic mass is 10.2. The van der Waals surface area contributed by atoms with Gasteiger partial charge in [0.15, 0.2) is 0 Å². The van der Waals surface area contributed by atoms with Gasteiger partial charge in [-0.2, -0.15) is 0 Å². The van der Waals surface area contributed by atoms with E-state index >= 15 is 0 Å². The van der Waals surface area contributed by atoms with Gasteiger partial charge in [0.1, 0.15) is 6.10 Å². The van der Waals surface area contributed by atoms with Gasteiger partial charge in [-0.25, -0.2) is 4.98 Å². The van der Waals surface area contributed by atoms with Crippen LogP contribution in [-0.2, 0) is 4.79 Å². The highest BCUT2D eigenvalue weighted by Crippen LogP contribution is 2.16. The minimum atomic E-state index is -1.09. The van der Waals surface area contributed by atoms with Crippen molar-refractivity contribution >= 4 is 5.97 Å². The summed E-state index contributed by atoms with van der Waals surface area (Å²) in [5, 5.41) is 17.9. The highest BCUT2D eigenvalue weighted by atomic mass is 16.5. The summed E-state index contributed by atoms with van der Waals surface area (Å²) in [6.45, 7) is 0. The van der Waals surface area contributed by atoms with Crippen LogP contribution in [0.2, 0.25) is 0 Å². The Labute approximate surface area is 81.0 Å². The fraction of sp³-hybridized carbons (Fsp3) is 0.333. The van der Waals surface area contributed by atoms with E-state index < -0.39 is 12.1 Å². The van der Waals surface area contributed by atoms with E-state index in [2.05, 4.69) is 4.98 Å². The predicted molar refractivity (Wildman–Crippen MR) is 48.0 cm³/mol. The first kappa shape index (κ1) is 10.5. The number of nitrogens with zero attached hydrogens (tertiary/aromatic N) is 1. The van der Waals surface area contributed by atoms with E-state index in [0.29, 0.717) is 11.6 Å². The quantitative estimate of drug-likeness (QED) is 0.738. The summed E-state index contributed by atoms with van der Waals surface area (Å²) in [4.78, 5) is 14.2. The van der Waals surface area contributed by atoms with E-state index in [-0.39, 0.29) is 6.42 Å². The molecule has 1 aromatic heterocycles. The Kier molecular flexibility index (Phi) is 3.41. The number of aliphatic carboxylic acids is 1. The number of ether oxygens (including phenoxy) is 1.